The number of nitriles is 1. The van der Waals surface area contributed by atoms with Crippen molar-refractivity contribution in [2.75, 3.05) is 17.8 Å². The van der Waals surface area contributed by atoms with Crippen LogP contribution in [0.5, 0.6) is 0 Å². The number of nitrogens with zero attached hydrogens (tertiary/aromatic N) is 3. The summed E-state index contributed by atoms with van der Waals surface area (Å²) in [5.74, 6) is 0.424. The second kappa shape index (κ2) is 10.3. The number of pyridine rings is 1. The number of benzene rings is 1. The van der Waals surface area contributed by atoms with E-state index >= 15 is 0 Å². The molecule has 3 rings (SSSR count). The summed E-state index contributed by atoms with van der Waals surface area (Å²) in [5, 5.41) is 15.2. The Hall–Kier alpha value is -2.56. The van der Waals surface area contributed by atoms with E-state index < -0.39 is 0 Å². The van der Waals surface area contributed by atoms with Gasteiger partial charge < -0.3 is 4.74 Å². The highest BCUT2D eigenvalue weighted by molar-refractivity contribution is 7.99. The third kappa shape index (κ3) is 5.49. The number of ether oxygens (including phenoxy) is 1. The quantitative estimate of drug-likeness (QED) is 0.300. The molecule has 2 aromatic rings. The second-order valence-electron chi connectivity index (χ2n) is 6.43. The molecule has 6 nitrogen and oxygen atoms in total. The lowest BCUT2D eigenvalue weighted by atomic mass is 9.89. The van der Waals surface area contributed by atoms with Gasteiger partial charge in [0.25, 0.3) is 0 Å². The molecule has 0 aliphatic heterocycles. The molecule has 1 N–H and O–H groups in total. The van der Waals surface area contributed by atoms with Gasteiger partial charge in [-0.15, -0.1) is 0 Å². The third-order valence-electron chi connectivity index (χ3n) is 4.48. The molecule has 8 heteroatoms. The number of hydrogen-bond donors (Lipinski definition) is 1. The van der Waals surface area contributed by atoms with Crippen molar-refractivity contribution in [3.63, 3.8) is 0 Å². The van der Waals surface area contributed by atoms with Crippen LogP contribution in [0.4, 0.5) is 5.82 Å². The molecular formula is C21H21ClN4O2S. The lowest BCUT2D eigenvalue weighted by Crippen LogP contribution is -2.13. The minimum atomic E-state index is -0.323. The zero-order chi connectivity index (χ0) is 20.6. The number of hydrogen-bond acceptors (Lipinski definition) is 7. The van der Waals surface area contributed by atoms with Crippen molar-refractivity contribution in [2.24, 2.45) is 5.10 Å². The summed E-state index contributed by atoms with van der Waals surface area (Å²) >= 11 is 7.13. The van der Waals surface area contributed by atoms with Gasteiger partial charge in [-0.05, 0) is 55.9 Å². The van der Waals surface area contributed by atoms with Crippen LogP contribution in [0, 0.1) is 11.3 Å². The number of anilines is 1. The Bertz CT molecular complexity index is 955. The molecule has 0 fully saturated rings. The van der Waals surface area contributed by atoms with Crippen LogP contribution >= 0.6 is 23.4 Å². The van der Waals surface area contributed by atoms with E-state index in [9.17, 15) is 10.1 Å². The zero-order valence-electron chi connectivity index (χ0n) is 16.1. The van der Waals surface area contributed by atoms with Gasteiger partial charge in [0.1, 0.15) is 11.1 Å². The fraction of sp³-hybridized carbons (Fsp3) is 0.333. The highest BCUT2D eigenvalue weighted by Crippen LogP contribution is 2.34. The first-order chi connectivity index (χ1) is 14.1. The van der Waals surface area contributed by atoms with Gasteiger partial charge in [0.05, 0.1) is 24.1 Å². The van der Waals surface area contributed by atoms with E-state index in [0.717, 1.165) is 42.4 Å². The lowest BCUT2D eigenvalue weighted by molar-refractivity contribution is -0.139. The summed E-state index contributed by atoms with van der Waals surface area (Å²) in [6, 6.07) is 9.62. The van der Waals surface area contributed by atoms with Crippen LogP contribution < -0.4 is 5.43 Å². The fourth-order valence-corrected chi connectivity index (χ4v) is 4.09. The largest absolute Gasteiger partial charge is 0.465 e. The Labute approximate surface area is 179 Å². The zero-order valence-corrected chi connectivity index (χ0v) is 17.6. The van der Waals surface area contributed by atoms with E-state index in [1.807, 2.05) is 12.1 Å². The summed E-state index contributed by atoms with van der Waals surface area (Å²) in [7, 11) is 0. The predicted octanol–water partition coefficient (Wildman–Crippen LogP) is 4.59. The Morgan fingerprint density at radius 2 is 2.07 bits per heavy atom. The Kier molecular flexibility index (Phi) is 7.50. The number of rotatable bonds is 7. The van der Waals surface area contributed by atoms with E-state index in [4.69, 9.17) is 16.3 Å². The molecule has 1 heterocycles. The van der Waals surface area contributed by atoms with Crippen molar-refractivity contribution in [1.29, 1.82) is 5.26 Å². The number of hydrazone groups is 1. The number of nitrogens with one attached hydrogen (secondary N) is 1. The molecule has 0 amide bonds. The number of carbonyl (C=O) groups excluding carboxylic acids is 1. The number of halogens is 1. The van der Waals surface area contributed by atoms with Crippen LogP contribution in [-0.2, 0) is 22.4 Å². The van der Waals surface area contributed by atoms with Crippen LogP contribution in [-0.4, -0.2) is 29.5 Å². The van der Waals surface area contributed by atoms with Crippen molar-refractivity contribution in [1.82, 2.24) is 4.98 Å². The molecule has 0 bridgehead atoms. The monoisotopic (exact) mass is 428 g/mol. The number of aromatic nitrogens is 1. The summed E-state index contributed by atoms with van der Waals surface area (Å²) in [5.41, 5.74) is 6.52. The van der Waals surface area contributed by atoms with Gasteiger partial charge in [-0.3, -0.25) is 10.2 Å². The summed E-state index contributed by atoms with van der Waals surface area (Å²) in [6.07, 6.45) is 5.43. The molecule has 0 unspecified atom stereocenters. The fourth-order valence-electron chi connectivity index (χ4n) is 3.16. The van der Waals surface area contributed by atoms with Gasteiger partial charge in [0, 0.05) is 10.6 Å². The Morgan fingerprint density at radius 1 is 1.34 bits per heavy atom. The first-order valence-corrected chi connectivity index (χ1v) is 10.8. The molecule has 29 heavy (non-hydrogen) atoms. The van der Waals surface area contributed by atoms with Gasteiger partial charge in [-0.25, -0.2) is 4.98 Å². The van der Waals surface area contributed by atoms with Crippen LogP contribution in [0.15, 0.2) is 34.4 Å². The molecule has 0 atom stereocenters. The standard InChI is InChI=1S/C21H21ClN4O2S/c1-2-28-19(27)13-29-21-18(11-23)16-5-3-4-6-17(16)20(25-21)26-24-12-14-7-9-15(22)10-8-14/h7-10,12H,2-6,13H2,1H3,(H,25,26)/b24-12+. The van der Waals surface area contributed by atoms with Crippen molar-refractivity contribution >= 4 is 41.4 Å². The second-order valence-corrected chi connectivity index (χ2v) is 7.83. The average molecular weight is 429 g/mol. The van der Waals surface area contributed by atoms with E-state index in [0.29, 0.717) is 28.0 Å². The SMILES string of the molecule is CCOC(=O)CSc1nc(N/N=C/c2ccc(Cl)cc2)c2c(c1C#N)CCCC2. The minimum Gasteiger partial charge on any atom is -0.465 e. The molecular weight excluding hydrogens is 408 g/mol. The molecule has 0 saturated carbocycles. The number of fused-ring (bicyclic) bond motifs is 1. The minimum absolute atomic E-state index is 0.113. The Morgan fingerprint density at radius 3 is 2.76 bits per heavy atom. The van der Waals surface area contributed by atoms with Crippen molar-refractivity contribution in [3.8, 4) is 6.07 Å². The smallest absolute Gasteiger partial charge is 0.316 e. The average Bonchev–Trinajstić information content (AvgIpc) is 2.73. The maximum absolute atomic E-state index is 11.7. The van der Waals surface area contributed by atoms with Crippen LogP contribution in [0.25, 0.3) is 0 Å². The van der Waals surface area contributed by atoms with Gasteiger partial charge in [-0.2, -0.15) is 10.4 Å². The topological polar surface area (TPSA) is 87.4 Å². The maximum Gasteiger partial charge on any atom is 0.316 e. The van der Waals surface area contributed by atoms with Gasteiger partial charge in [0.2, 0.25) is 0 Å². The lowest BCUT2D eigenvalue weighted by Gasteiger charge is -2.21. The molecule has 1 aromatic carbocycles. The summed E-state index contributed by atoms with van der Waals surface area (Å²) in [4.78, 5) is 16.4. The molecule has 0 saturated heterocycles. The normalized spacial score (nSPS) is 13.0. The van der Waals surface area contributed by atoms with Crippen molar-refractivity contribution in [3.05, 3.63) is 51.5 Å². The highest BCUT2D eigenvalue weighted by atomic mass is 35.5. The molecule has 1 aliphatic rings. The van der Waals surface area contributed by atoms with Gasteiger partial charge in [0.15, 0.2) is 5.82 Å². The summed E-state index contributed by atoms with van der Waals surface area (Å²) < 4.78 is 4.98. The van der Waals surface area contributed by atoms with Crippen molar-refractivity contribution in [2.45, 2.75) is 37.6 Å². The van der Waals surface area contributed by atoms with Crippen LogP contribution in [0.1, 0.15) is 42.0 Å². The number of thioether (sulfide) groups is 1. The van der Waals surface area contributed by atoms with Crippen LogP contribution in [0.2, 0.25) is 5.02 Å². The molecule has 1 aromatic heterocycles. The highest BCUT2D eigenvalue weighted by Gasteiger charge is 2.23. The van der Waals surface area contributed by atoms with E-state index in [1.54, 1.807) is 25.3 Å². The number of esters is 1. The molecule has 0 spiro atoms. The third-order valence-corrected chi connectivity index (χ3v) is 5.68. The molecule has 150 valence electrons. The Balaban J connectivity index is 1.86. The van der Waals surface area contributed by atoms with E-state index in [-0.39, 0.29) is 11.7 Å². The number of carbonyl (C=O) groups is 1. The van der Waals surface area contributed by atoms with Crippen LogP contribution in [0.3, 0.4) is 0 Å². The van der Waals surface area contributed by atoms with Crippen molar-refractivity contribution < 1.29 is 9.53 Å². The molecule has 1 aliphatic carbocycles. The maximum atomic E-state index is 11.7. The van der Waals surface area contributed by atoms with Gasteiger partial charge in [-0.1, -0.05) is 35.5 Å². The van der Waals surface area contributed by atoms with Gasteiger partial charge >= 0.3 is 5.97 Å². The molecule has 0 radical (unpaired) electrons. The predicted molar refractivity (Wildman–Crippen MR) is 116 cm³/mol. The first kappa shape index (κ1) is 21.2. The summed E-state index contributed by atoms with van der Waals surface area (Å²) in [6.45, 7) is 2.09. The first-order valence-electron chi connectivity index (χ1n) is 9.41. The van der Waals surface area contributed by atoms with E-state index in [2.05, 4.69) is 21.6 Å². The van der Waals surface area contributed by atoms with E-state index in [1.165, 1.54) is 11.8 Å².